The molecule has 1 N–H and O–H groups in total. The minimum atomic E-state index is 0.193. The van der Waals surface area contributed by atoms with E-state index in [2.05, 4.69) is 20.9 Å². The van der Waals surface area contributed by atoms with E-state index in [1.54, 1.807) is 0 Å². The molecule has 5 heteroatoms. The van der Waals surface area contributed by atoms with Crippen LogP contribution in [0.15, 0.2) is 48.5 Å². The molecular weight excluding hydrogens is 350 g/mol. The summed E-state index contributed by atoms with van der Waals surface area (Å²) in [7, 11) is 0. The topological polar surface area (TPSA) is 48.6 Å². The number of rotatable bonds is 6. The molecule has 0 saturated carbocycles. The molecule has 1 fully saturated rings. The number of ether oxygens (including phenoxy) is 1. The predicted octanol–water partition coefficient (Wildman–Crippen LogP) is 3.88. The Kier molecular flexibility index (Phi) is 5.35. The summed E-state index contributed by atoms with van der Waals surface area (Å²) < 4.78 is 5.77. The van der Waals surface area contributed by atoms with Gasteiger partial charge in [-0.05, 0) is 32.0 Å². The summed E-state index contributed by atoms with van der Waals surface area (Å²) in [6.45, 7) is 8.64. The molecule has 2 heterocycles. The van der Waals surface area contributed by atoms with Crippen molar-refractivity contribution in [2.24, 2.45) is 0 Å². The Morgan fingerprint density at radius 2 is 1.75 bits per heavy atom. The number of H-pyrrole nitrogens is 1. The number of aryl methyl sites for hydroxylation is 1. The van der Waals surface area contributed by atoms with E-state index in [9.17, 15) is 4.79 Å². The first kappa shape index (κ1) is 18.6. The van der Waals surface area contributed by atoms with Crippen molar-refractivity contribution in [3.63, 3.8) is 0 Å². The van der Waals surface area contributed by atoms with Crippen molar-refractivity contribution in [2.75, 3.05) is 44.2 Å². The van der Waals surface area contributed by atoms with Crippen LogP contribution in [-0.4, -0.2) is 55.0 Å². The number of anilines is 1. The third-order valence-electron chi connectivity index (χ3n) is 5.42. The zero-order chi connectivity index (χ0) is 19.5. The highest BCUT2D eigenvalue weighted by atomic mass is 16.5. The Morgan fingerprint density at radius 1 is 1.04 bits per heavy atom. The lowest BCUT2D eigenvalue weighted by Gasteiger charge is -2.36. The number of fused-ring (bicyclic) bond motifs is 1. The number of benzene rings is 2. The van der Waals surface area contributed by atoms with Crippen molar-refractivity contribution in [3.05, 3.63) is 59.8 Å². The molecule has 0 atom stereocenters. The van der Waals surface area contributed by atoms with E-state index >= 15 is 0 Å². The second kappa shape index (κ2) is 8.07. The van der Waals surface area contributed by atoms with Gasteiger partial charge in [-0.1, -0.05) is 30.3 Å². The maximum Gasteiger partial charge on any atom is 0.179 e. The number of nitrogens with one attached hydrogen (secondary N) is 1. The zero-order valence-electron chi connectivity index (χ0n) is 16.6. The largest absolute Gasteiger partial charge is 0.492 e. The smallest absolute Gasteiger partial charge is 0.179 e. The number of hydrogen-bond acceptors (Lipinski definition) is 4. The number of piperazine rings is 1. The van der Waals surface area contributed by atoms with Gasteiger partial charge in [-0.2, -0.15) is 0 Å². The molecule has 1 saturated heterocycles. The van der Waals surface area contributed by atoms with Gasteiger partial charge in [-0.3, -0.25) is 9.69 Å². The molecule has 0 bridgehead atoms. The zero-order valence-corrected chi connectivity index (χ0v) is 16.6. The molecule has 4 rings (SSSR count). The standard InChI is InChI=1S/C23H27N3O2/c1-3-28-22-11-7-6-10-20(22)26-14-12-25(13-15-26)16-21(27)23-17(2)24-19-9-5-4-8-18(19)23/h4-11,24H,3,12-16H2,1-2H3. The molecule has 146 valence electrons. The number of carbonyl (C=O) groups is 1. The fourth-order valence-electron chi connectivity index (χ4n) is 4.06. The lowest BCUT2D eigenvalue weighted by Crippen LogP contribution is -2.48. The average molecular weight is 377 g/mol. The van der Waals surface area contributed by atoms with Crippen LogP contribution in [0.25, 0.3) is 10.9 Å². The van der Waals surface area contributed by atoms with Gasteiger partial charge in [0.1, 0.15) is 5.75 Å². The van der Waals surface area contributed by atoms with Gasteiger partial charge in [-0.15, -0.1) is 0 Å². The minimum Gasteiger partial charge on any atom is -0.492 e. The summed E-state index contributed by atoms with van der Waals surface area (Å²) in [6, 6.07) is 16.2. The maximum atomic E-state index is 13.0. The van der Waals surface area contributed by atoms with Crippen molar-refractivity contribution in [2.45, 2.75) is 13.8 Å². The molecule has 3 aromatic rings. The van der Waals surface area contributed by atoms with Crippen LogP contribution in [-0.2, 0) is 0 Å². The van der Waals surface area contributed by atoms with Gasteiger partial charge in [0.05, 0.1) is 18.8 Å². The first-order chi connectivity index (χ1) is 13.7. The molecule has 0 spiro atoms. The molecule has 5 nitrogen and oxygen atoms in total. The van der Waals surface area contributed by atoms with E-state index in [0.717, 1.165) is 59.8 Å². The summed E-state index contributed by atoms with van der Waals surface area (Å²) in [5, 5.41) is 1.02. The number of hydrogen-bond donors (Lipinski definition) is 1. The number of aromatic amines is 1. The highest BCUT2D eigenvalue weighted by molar-refractivity contribution is 6.10. The van der Waals surface area contributed by atoms with Crippen LogP contribution in [0.3, 0.4) is 0 Å². The Morgan fingerprint density at radius 3 is 2.54 bits per heavy atom. The van der Waals surface area contributed by atoms with Crippen molar-refractivity contribution in [1.82, 2.24) is 9.88 Å². The number of para-hydroxylation sites is 3. The van der Waals surface area contributed by atoms with E-state index in [-0.39, 0.29) is 5.78 Å². The average Bonchev–Trinajstić information content (AvgIpc) is 3.05. The van der Waals surface area contributed by atoms with Crippen molar-refractivity contribution in [3.8, 4) is 5.75 Å². The second-order valence-corrected chi connectivity index (χ2v) is 7.26. The molecule has 1 aromatic heterocycles. The summed E-state index contributed by atoms with van der Waals surface area (Å²) in [5.41, 5.74) is 3.96. The van der Waals surface area contributed by atoms with Crippen LogP contribution in [0.1, 0.15) is 23.0 Å². The molecular formula is C23H27N3O2. The van der Waals surface area contributed by atoms with Crippen molar-refractivity contribution < 1.29 is 9.53 Å². The van der Waals surface area contributed by atoms with Crippen LogP contribution in [0.2, 0.25) is 0 Å². The third kappa shape index (κ3) is 3.62. The molecule has 2 aromatic carbocycles. The quantitative estimate of drug-likeness (QED) is 0.663. The summed E-state index contributed by atoms with van der Waals surface area (Å²) in [5.74, 6) is 1.13. The van der Waals surface area contributed by atoms with Gasteiger partial charge in [0.2, 0.25) is 0 Å². The van der Waals surface area contributed by atoms with Gasteiger partial charge in [-0.25, -0.2) is 0 Å². The Bertz CT molecular complexity index is 971. The van der Waals surface area contributed by atoms with Gasteiger partial charge >= 0.3 is 0 Å². The first-order valence-electron chi connectivity index (χ1n) is 9.97. The van der Waals surface area contributed by atoms with Gasteiger partial charge in [0.15, 0.2) is 5.78 Å². The highest BCUT2D eigenvalue weighted by Gasteiger charge is 2.23. The number of carbonyl (C=O) groups excluding carboxylic acids is 1. The lowest BCUT2D eigenvalue weighted by molar-refractivity contribution is 0.0927. The van der Waals surface area contributed by atoms with Crippen LogP contribution in [0.4, 0.5) is 5.69 Å². The number of ketones is 1. The maximum absolute atomic E-state index is 13.0. The molecule has 1 aliphatic rings. The summed E-state index contributed by atoms with van der Waals surface area (Å²) >= 11 is 0. The number of nitrogens with zero attached hydrogens (tertiary/aromatic N) is 2. The fourth-order valence-corrected chi connectivity index (χ4v) is 4.06. The molecule has 0 radical (unpaired) electrons. The SMILES string of the molecule is CCOc1ccccc1N1CCN(CC(=O)c2c(C)[nH]c3ccccc23)CC1. The van der Waals surface area contributed by atoms with Gasteiger partial charge < -0.3 is 14.6 Å². The number of aromatic nitrogens is 1. The molecule has 0 amide bonds. The summed E-state index contributed by atoms with van der Waals surface area (Å²) in [6.07, 6.45) is 0. The van der Waals surface area contributed by atoms with Crippen LogP contribution >= 0.6 is 0 Å². The van der Waals surface area contributed by atoms with Crippen molar-refractivity contribution in [1.29, 1.82) is 0 Å². The van der Waals surface area contributed by atoms with Gasteiger partial charge in [0, 0.05) is 48.3 Å². The molecule has 0 unspecified atom stereocenters. The van der Waals surface area contributed by atoms with E-state index in [0.29, 0.717) is 13.2 Å². The Labute approximate surface area is 165 Å². The van der Waals surface area contributed by atoms with Crippen molar-refractivity contribution >= 4 is 22.4 Å². The predicted molar refractivity (Wildman–Crippen MR) is 114 cm³/mol. The first-order valence-corrected chi connectivity index (χ1v) is 9.97. The van der Waals surface area contributed by atoms with Crippen LogP contribution < -0.4 is 9.64 Å². The Hall–Kier alpha value is -2.79. The monoisotopic (exact) mass is 377 g/mol. The molecule has 1 aliphatic heterocycles. The summed E-state index contributed by atoms with van der Waals surface area (Å²) in [4.78, 5) is 20.9. The number of Topliss-reactive ketones (excluding diaryl/α,β-unsaturated/α-hetero) is 1. The van der Waals surface area contributed by atoms with Crippen LogP contribution in [0, 0.1) is 6.92 Å². The lowest BCUT2D eigenvalue weighted by atomic mass is 10.1. The molecule has 28 heavy (non-hydrogen) atoms. The second-order valence-electron chi connectivity index (χ2n) is 7.26. The normalized spacial score (nSPS) is 15.1. The van der Waals surface area contributed by atoms with Crippen LogP contribution in [0.5, 0.6) is 5.75 Å². The fraction of sp³-hybridized carbons (Fsp3) is 0.348. The minimum absolute atomic E-state index is 0.193. The third-order valence-corrected chi connectivity index (χ3v) is 5.42. The molecule has 0 aliphatic carbocycles. The van der Waals surface area contributed by atoms with Gasteiger partial charge in [0.25, 0.3) is 0 Å². The Balaban J connectivity index is 1.42. The van der Waals surface area contributed by atoms with E-state index < -0.39 is 0 Å². The van der Waals surface area contributed by atoms with E-state index in [1.807, 2.05) is 56.3 Å². The highest BCUT2D eigenvalue weighted by Crippen LogP contribution is 2.29. The van der Waals surface area contributed by atoms with E-state index in [1.165, 1.54) is 0 Å². The van der Waals surface area contributed by atoms with E-state index in [4.69, 9.17) is 4.74 Å².